The third-order valence-corrected chi connectivity index (χ3v) is 22.4. The zero-order valence-corrected chi connectivity index (χ0v) is 51.0. The Bertz CT molecular complexity index is 4330. The fraction of sp³-hybridized carbons (Fsp3) is 0.362. The predicted octanol–water partition coefficient (Wildman–Crippen LogP) is 15.3. The van der Waals surface area contributed by atoms with Crippen LogP contribution in [0.3, 0.4) is 0 Å². The highest BCUT2D eigenvalue weighted by Crippen LogP contribution is 2.69. The summed E-state index contributed by atoms with van der Waals surface area (Å²) in [6.45, 7) is 6.48. The first kappa shape index (κ1) is 49.3. The van der Waals surface area contributed by atoms with Crippen molar-refractivity contribution in [1.29, 1.82) is 0 Å². The molecule has 6 aromatic carbocycles. The number of pyridine rings is 3. The van der Waals surface area contributed by atoms with Gasteiger partial charge in [0.1, 0.15) is 55.2 Å². The molecule has 9 aromatic rings. The summed E-state index contributed by atoms with van der Waals surface area (Å²) in [7, 11) is 6.26. The molecule has 0 bridgehead atoms. The number of benzene rings is 6. The minimum atomic E-state index is -1.97. The lowest BCUT2D eigenvalue weighted by molar-refractivity contribution is -0.660. The van der Waals surface area contributed by atoms with Crippen LogP contribution in [-0.2, 0) is 75.8 Å². The minimum Gasteiger partial charge on any atom is -0.484 e. The third-order valence-electron chi connectivity index (χ3n) is 22.4. The molecule has 0 radical (unpaired) electrons. The van der Waals surface area contributed by atoms with Gasteiger partial charge in [0.25, 0.3) is 0 Å². The van der Waals surface area contributed by atoms with Crippen molar-refractivity contribution >= 4 is 0 Å². The molecular formula is C80H82N3O3+3. The largest absolute Gasteiger partial charge is 0.484 e. The second-order valence-corrected chi connectivity index (χ2v) is 27.0. The number of nitrogens with zero attached hydrogens (tertiary/aromatic N) is 3. The summed E-state index contributed by atoms with van der Waals surface area (Å²) in [5.41, 5.74) is 18.9. The second-order valence-electron chi connectivity index (χ2n) is 27.0. The normalized spacial score (nSPS) is 21.9. The Morgan fingerprint density at radius 2 is 0.616 bits per heavy atom. The molecule has 18 rings (SSSR count). The lowest BCUT2D eigenvalue weighted by Crippen LogP contribution is -2.53. The van der Waals surface area contributed by atoms with Gasteiger partial charge in [-0.15, -0.1) is 0 Å². The summed E-state index contributed by atoms with van der Waals surface area (Å²) in [6.07, 6.45) is 19.5. The SMILES string of the molecule is Cc1ccc2c(c1-c1cccc[n+]1C)OC1(Cc3ccccc3C1)C21CCCC1.Cc1ccc2c(c1-c1cccc[n+]1C)OC1(Cc3ccccc3C1)C21CCCCC1.[2H]C1([2H])c2ccccc2C([2H])([2H])C12Oc1c(ccc(C)c1-c1cccc[n+]1C)C21CC1. The van der Waals surface area contributed by atoms with Crippen LogP contribution in [0.5, 0.6) is 17.2 Å². The highest BCUT2D eigenvalue weighted by molar-refractivity contribution is 5.77. The van der Waals surface area contributed by atoms with E-state index in [4.69, 9.17) is 14.2 Å². The summed E-state index contributed by atoms with van der Waals surface area (Å²) in [5.74, 6) is 2.95. The van der Waals surface area contributed by atoms with E-state index in [9.17, 15) is 5.48 Å². The Balaban J connectivity index is 0.000000108. The lowest BCUT2D eigenvalue weighted by Gasteiger charge is -2.45. The summed E-state index contributed by atoms with van der Waals surface area (Å²) in [4.78, 5) is 0. The predicted molar refractivity (Wildman–Crippen MR) is 341 cm³/mol. The number of aromatic nitrogens is 3. The Morgan fingerprint density at radius 3 is 0.942 bits per heavy atom. The van der Waals surface area contributed by atoms with Gasteiger partial charge in [-0.25, -0.2) is 13.7 Å². The molecular weight excluding hydrogens is 1050 g/mol. The fourth-order valence-corrected chi connectivity index (χ4v) is 18.0. The smallest absolute Gasteiger partial charge is 0.216 e. The molecule has 0 saturated heterocycles. The molecule has 0 N–H and O–H groups in total. The van der Waals surface area contributed by atoms with Crippen LogP contribution in [0.2, 0.25) is 0 Å². The van der Waals surface area contributed by atoms with Crippen LogP contribution in [0.1, 0.15) is 143 Å². The van der Waals surface area contributed by atoms with Gasteiger partial charge in [0.2, 0.25) is 17.1 Å². The molecule has 6 heterocycles. The maximum atomic E-state index is 9.21. The van der Waals surface area contributed by atoms with Crippen molar-refractivity contribution in [2.45, 2.75) is 163 Å². The second kappa shape index (κ2) is 19.9. The van der Waals surface area contributed by atoms with Crippen molar-refractivity contribution in [3.05, 3.63) is 249 Å². The van der Waals surface area contributed by atoms with Gasteiger partial charge in [0, 0.05) is 113 Å². The van der Waals surface area contributed by atoms with E-state index in [2.05, 4.69) is 165 Å². The number of fused-ring (bicyclic) bond motifs is 12. The summed E-state index contributed by atoms with van der Waals surface area (Å²) in [6, 6.07) is 57.4. The first-order chi connectivity index (χ1) is 43.5. The quantitative estimate of drug-likeness (QED) is 0.166. The summed E-state index contributed by atoms with van der Waals surface area (Å²) in [5, 5.41) is 0. The van der Waals surface area contributed by atoms with Gasteiger partial charge in [-0.2, -0.15) is 0 Å². The Kier molecular flexibility index (Phi) is 11.4. The van der Waals surface area contributed by atoms with E-state index >= 15 is 0 Å². The van der Waals surface area contributed by atoms with E-state index in [0.29, 0.717) is 16.9 Å². The van der Waals surface area contributed by atoms with Crippen molar-refractivity contribution in [2.75, 3.05) is 0 Å². The van der Waals surface area contributed by atoms with E-state index in [1.165, 1.54) is 125 Å². The van der Waals surface area contributed by atoms with Gasteiger partial charge in [-0.3, -0.25) is 0 Å². The van der Waals surface area contributed by atoms with Gasteiger partial charge in [0.15, 0.2) is 18.6 Å². The molecule has 432 valence electrons. The third kappa shape index (κ3) is 7.78. The maximum absolute atomic E-state index is 9.21. The fourth-order valence-electron chi connectivity index (χ4n) is 18.0. The molecule has 0 amide bonds. The van der Waals surface area contributed by atoms with Crippen LogP contribution in [0, 0.1) is 20.8 Å². The standard InChI is InChI=1S/C28H30NO.C27H28NO.C25H24NO/c1-20-13-14-23-26(25(20)24-12-6-9-17-29(24)2)30-28(27(23)15-7-3-8-16-27)18-21-10-4-5-11-22(21)19-28;1-19-12-13-22-25(24(19)23-11-5-8-16-28(23)2)29-27(26(22)14-6-7-15-26)17-20-9-3-4-10-21(20)18-27;1-17-10-11-20-23(22(17)21-9-5-6-14-26(21)2)27-25(24(20)12-13-24)15-18-7-3-4-8-19(18)16-25/h4-6,9-14,17H,3,7-8,15-16,18-19H2,1-2H3;3-5,8-13,16H,6-7,14-15,17-18H2,1-2H3;3-11,14H,12-13,15-16H2,1-2H3/q3*+1/i;;15D2,16D2. The molecule has 0 atom stereocenters. The molecule has 6 spiro atoms. The van der Waals surface area contributed by atoms with E-state index in [1.54, 1.807) is 24.3 Å². The molecule has 3 aromatic heterocycles. The summed E-state index contributed by atoms with van der Waals surface area (Å²) >= 11 is 0. The summed E-state index contributed by atoms with van der Waals surface area (Å²) < 4.78 is 64.4. The molecule has 6 heteroatoms. The van der Waals surface area contributed by atoms with Crippen LogP contribution >= 0.6 is 0 Å². The van der Waals surface area contributed by atoms with E-state index in [0.717, 1.165) is 72.4 Å². The van der Waals surface area contributed by atoms with E-state index < -0.39 is 23.8 Å². The Hall–Kier alpha value is -7.83. The zero-order chi connectivity index (χ0) is 61.8. The lowest BCUT2D eigenvalue weighted by atomic mass is 9.59. The topological polar surface area (TPSA) is 39.3 Å². The van der Waals surface area contributed by atoms with Crippen molar-refractivity contribution in [1.82, 2.24) is 0 Å². The number of rotatable bonds is 3. The monoisotopic (exact) mass is 1140 g/mol. The first-order valence-corrected chi connectivity index (χ1v) is 32.0. The minimum absolute atomic E-state index is 0.120. The van der Waals surface area contributed by atoms with Crippen LogP contribution in [0.25, 0.3) is 33.8 Å². The Morgan fingerprint density at radius 1 is 0.326 bits per heavy atom. The van der Waals surface area contributed by atoms with Gasteiger partial charge < -0.3 is 14.2 Å². The molecule has 86 heavy (non-hydrogen) atoms. The van der Waals surface area contributed by atoms with Crippen LogP contribution < -0.4 is 27.9 Å². The zero-order valence-electron chi connectivity index (χ0n) is 55.0. The molecule has 3 fully saturated rings. The molecule has 3 aliphatic heterocycles. The number of hydrogen-bond donors (Lipinski definition) is 0. The average Bonchev–Trinajstić information content (AvgIpc) is 1.46. The van der Waals surface area contributed by atoms with E-state index in [1.807, 2.05) is 49.0 Å². The molecule has 0 unspecified atom stereocenters. The van der Waals surface area contributed by atoms with Gasteiger partial charge in [-0.05, 0) is 128 Å². The van der Waals surface area contributed by atoms with Gasteiger partial charge >= 0.3 is 0 Å². The molecule has 6 nitrogen and oxygen atoms in total. The van der Waals surface area contributed by atoms with Crippen molar-refractivity contribution in [3.8, 4) is 51.0 Å². The highest BCUT2D eigenvalue weighted by Gasteiger charge is 2.69. The number of aryl methyl sites for hydroxylation is 6. The van der Waals surface area contributed by atoms with Crippen molar-refractivity contribution < 1.29 is 33.4 Å². The van der Waals surface area contributed by atoms with Gasteiger partial charge in [0.05, 0.1) is 16.7 Å². The van der Waals surface area contributed by atoms with Crippen molar-refractivity contribution in [3.63, 3.8) is 0 Å². The van der Waals surface area contributed by atoms with Gasteiger partial charge in [-0.1, -0.05) is 141 Å². The van der Waals surface area contributed by atoms with Crippen LogP contribution in [0.4, 0.5) is 0 Å². The Labute approximate surface area is 515 Å². The molecule has 3 saturated carbocycles. The number of hydrogen-bond acceptors (Lipinski definition) is 3. The van der Waals surface area contributed by atoms with Crippen LogP contribution in [0.15, 0.2) is 182 Å². The van der Waals surface area contributed by atoms with E-state index in [-0.39, 0.29) is 22.0 Å². The van der Waals surface area contributed by atoms with Crippen LogP contribution in [-0.4, -0.2) is 16.8 Å². The number of ether oxygens (including phenoxy) is 3. The molecule has 6 aliphatic carbocycles. The molecule has 9 aliphatic rings. The first-order valence-electron chi connectivity index (χ1n) is 34.0. The maximum Gasteiger partial charge on any atom is 0.216 e. The highest BCUT2D eigenvalue weighted by atomic mass is 16.5. The average molecular weight is 1140 g/mol. The van der Waals surface area contributed by atoms with Crippen molar-refractivity contribution in [2.24, 2.45) is 21.1 Å².